The largest absolute Gasteiger partial charge is 0.497 e. The Hall–Kier alpha value is -3.28. The van der Waals surface area contributed by atoms with Gasteiger partial charge in [-0.1, -0.05) is 18.2 Å². The quantitative estimate of drug-likeness (QED) is 0.609. The fraction of sp³-hybridized carbons (Fsp3) is 0.200. The molecule has 2 aromatic rings. The van der Waals surface area contributed by atoms with Crippen LogP contribution in [0.15, 0.2) is 54.6 Å². The van der Waals surface area contributed by atoms with Crippen LogP contribution < -0.4 is 14.8 Å². The molecule has 0 spiro atoms. The molecule has 1 N–H and O–H groups in total. The van der Waals surface area contributed by atoms with Crippen molar-refractivity contribution in [3.63, 3.8) is 0 Å². The Bertz CT molecular complexity index is 783. The molecule has 0 heterocycles. The van der Waals surface area contributed by atoms with E-state index in [1.54, 1.807) is 50.6 Å². The fourth-order valence-corrected chi connectivity index (χ4v) is 2.15. The second-order valence-corrected chi connectivity index (χ2v) is 5.37. The molecule has 0 saturated carbocycles. The second kappa shape index (κ2) is 9.27. The summed E-state index contributed by atoms with van der Waals surface area (Å²) in [6.45, 7) is 1.51. The van der Waals surface area contributed by atoms with Crippen molar-refractivity contribution in [2.45, 2.75) is 13.0 Å². The van der Waals surface area contributed by atoms with Gasteiger partial charge in [0, 0.05) is 17.3 Å². The molecular formula is C20H21NO5. The van der Waals surface area contributed by atoms with Crippen LogP contribution in [0.3, 0.4) is 0 Å². The van der Waals surface area contributed by atoms with E-state index in [1.807, 2.05) is 18.2 Å². The van der Waals surface area contributed by atoms with Gasteiger partial charge in [0.25, 0.3) is 5.91 Å². The van der Waals surface area contributed by atoms with Gasteiger partial charge in [0.2, 0.25) is 0 Å². The van der Waals surface area contributed by atoms with Crippen LogP contribution in [-0.2, 0) is 14.3 Å². The molecule has 0 aromatic heterocycles. The van der Waals surface area contributed by atoms with Gasteiger partial charge in [0.05, 0.1) is 14.2 Å². The molecule has 136 valence electrons. The SMILES string of the molecule is COc1ccc(NC(=O)[C@H](C)OC(=O)/C=C/c2ccccc2OC)cc1. The van der Waals surface area contributed by atoms with Gasteiger partial charge in [0.1, 0.15) is 11.5 Å². The van der Waals surface area contributed by atoms with Crippen molar-refractivity contribution in [1.29, 1.82) is 0 Å². The number of hydrogen-bond donors (Lipinski definition) is 1. The Kier molecular flexibility index (Phi) is 6.79. The van der Waals surface area contributed by atoms with Crippen molar-refractivity contribution in [3.8, 4) is 11.5 Å². The lowest BCUT2D eigenvalue weighted by molar-refractivity contribution is -0.148. The van der Waals surface area contributed by atoms with E-state index in [4.69, 9.17) is 14.2 Å². The highest BCUT2D eigenvalue weighted by Gasteiger charge is 2.16. The first kappa shape index (κ1) is 19.1. The molecule has 0 aliphatic rings. The molecule has 1 atom stereocenters. The number of carbonyl (C=O) groups excluding carboxylic acids is 2. The molecule has 0 bridgehead atoms. The maximum absolute atomic E-state index is 12.1. The standard InChI is InChI=1S/C20H21NO5/c1-14(20(23)21-16-9-11-17(24-2)12-10-16)26-19(22)13-8-15-6-4-5-7-18(15)25-3/h4-14H,1-3H3,(H,21,23)/b13-8+/t14-/m0/s1. The molecule has 0 fully saturated rings. The lowest BCUT2D eigenvalue weighted by atomic mass is 10.2. The van der Waals surface area contributed by atoms with E-state index in [-0.39, 0.29) is 0 Å². The van der Waals surface area contributed by atoms with Crippen LogP contribution in [0.1, 0.15) is 12.5 Å². The van der Waals surface area contributed by atoms with Crippen molar-refractivity contribution >= 4 is 23.6 Å². The van der Waals surface area contributed by atoms with E-state index < -0.39 is 18.0 Å². The molecular weight excluding hydrogens is 334 g/mol. The van der Waals surface area contributed by atoms with Crippen LogP contribution in [0.2, 0.25) is 0 Å². The molecule has 2 rings (SSSR count). The summed E-state index contributed by atoms with van der Waals surface area (Å²) in [5, 5.41) is 2.67. The minimum atomic E-state index is -0.938. The summed E-state index contributed by atoms with van der Waals surface area (Å²) in [5.74, 6) is 0.285. The highest BCUT2D eigenvalue weighted by atomic mass is 16.5. The summed E-state index contributed by atoms with van der Waals surface area (Å²) in [6.07, 6.45) is 1.90. The van der Waals surface area contributed by atoms with Gasteiger partial charge in [-0.15, -0.1) is 0 Å². The number of benzene rings is 2. The molecule has 6 nitrogen and oxygen atoms in total. The number of hydrogen-bond acceptors (Lipinski definition) is 5. The third-order valence-electron chi connectivity index (χ3n) is 3.56. The molecule has 0 aliphatic carbocycles. The molecule has 1 amide bonds. The number of nitrogens with one attached hydrogen (secondary N) is 1. The van der Waals surface area contributed by atoms with E-state index in [9.17, 15) is 9.59 Å². The smallest absolute Gasteiger partial charge is 0.331 e. The van der Waals surface area contributed by atoms with E-state index in [1.165, 1.54) is 13.0 Å². The lowest BCUT2D eigenvalue weighted by Crippen LogP contribution is -2.29. The van der Waals surface area contributed by atoms with E-state index in [0.29, 0.717) is 17.2 Å². The van der Waals surface area contributed by atoms with Crippen LogP contribution in [0.25, 0.3) is 6.08 Å². The van der Waals surface area contributed by atoms with Crippen LogP contribution in [0.5, 0.6) is 11.5 Å². The number of para-hydroxylation sites is 1. The van der Waals surface area contributed by atoms with Crippen LogP contribution >= 0.6 is 0 Å². The van der Waals surface area contributed by atoms with E-state index in [0.717, 1.165) is 5.56 Å². The maximum atomic E-state index is 12.1. The molecule has 0 radical (unpaired) electrons. The number of rotatable bonds is 7. The zero-order chi connectivity index (χ0) is 18.9. The number of methoxy groups -OCH3 is 2. The lowest BCUT2D eigenvalue weighted by Gasteiger charge is -2.12. The third-order valence-corrected chi connectivity index (χ3v) is 3.56. The van der Waals surface area contributed by atoms with Crippen LogP contribution in [0, 0.1) is 0 Å². The number of carbonyl (C=O) groups is 2. The Morgan fingerprint density at radius 2 is 1.69 bits per heavy atom. The topological polar surface area (TPSA) is 73.9 Å². The third kappa shape index (κ3) is 5.37. The first-order chi connectivity index (χ1) is 12.5. The van der Waals surface area contributed by atoms with E-state index in [2.05, 4.69) is 5.32 Å². The first-order valence-corrected chi connectivity index (χ1v) is 8.00. The molecule has 2 aromatic carbocycles. The average molecular weight is 355 g/mol. The summed E-state index contributed by atoms with van der Waals surface area (Å²) in [7, 11) is 3.12. The molecule has 0 saturated heterocycles. The monoisotopic (exact) mass is 355 g/mol. The summed E-state index contributed by atoms with van der Waals surface area (Å²) in [4.78, 5) is 24.0. The Labute approximate surface area is 152 Å². The fourth-order valence-electron chi connectivity index (χ4n) is 2.15. The van der Waals surface area contributed by atoms with Gasteiger partial charge in [0.15, 0.2) is 6.10 Å². The van der Waals surface area contributed by atoms with Crippen molar-refractivity contribution in [2.24, 2.45) is 0 Å². The number of amides is 1. The minimum Gasteiger partial charge on any atom is -0.497 e. The van der Waals surface area contributed by atoms with Gasteiger partial charge >= 0.3 is 5.97 Å². The molecule has 0 unspecified atom stereocenters. The van der Waals surface area contributed by atoms with Gasteiger partial charge < -0.3 is 19.5 Å². The zero-order valence-electron chi connectivity index (χ0n) is 14.9. The van der Waals surface area contributed by atoms with Crippen LogP contribution in [-0.4, -0.2) is 32.2 Å². The summed E-state index contributed by atoms with van der Waals surface area (Å²) < 4.78 is 15.4. The van der Waals surface area contributed by atoms with Crippen LogP contribution in [0.4, 0.5) is 5.69 Å². The second-order valence-electron chi connectivity index (χ2n) is 5.37. The van der Waals surface area contributed by atoms with E-state index >= 15 is 0 Å². The molecule has 26 heavy (non-hydrogen) atoms. The Morgan fingerprint density at radius 1 is 1.00 bits per heavy atom. The number of esters is 1. The van der Waals surface area contributed by atoms with Gasteiger partial charge in [-0.05, 0) is 43.3 Å². The van der Waals surface area contributed by atoms with Gasteiger partial charge in [-0.25, -0.2) is 4.79 Å². The summed E-state index contributed by atoms with van der Waals surface area (Å²) >= 11 is 0. The van der Waals surface area contributed by atoms with Gasteiger partial charge in [-0.2, -0.15) is 0 Å². The molecule has 6 heteroatoms. The molecule has 0 aliphatic heterocycles. The van der Waals surface area contributed by atoms with Crippen molar-refractivity contribution in [3.05, 3.63) is 60.2 Å². The average Bonchev–Trinajstić information content (AvgIpc) is 2.67. The van der Waals surface area contributed by atoms with Crippen molar-refractivity contribution in [2.75, 3.05) is 19.5 Å². The first-order valence-electron chi connectivity index (χ1n) is 8.00. The zero-order valence-corrected chi connectivity index (χ0v) is 14.9. The van der Waals surface area contributed by atoms with Crippen molar-refractivity contribution in [1.82, 2.24) is 0 Å². The maximum Gasteiger partial charge on any atom is 0.331 e. The summed E-state index contributed by atoms with van der Waals surface area (Å²) in [5.41, 5.74) is 1.32. The Morgan fingerprint density at radius 3 is 2.35 bits per heavy atom. The minimum absolute atomic E-state index is 0.422. The number of ether oxygens (including phenoxy) is 3. The Balaban J connectivity index is 1.90. The predicted molar refractivity (Wildman–Crippen MR) is 99.2 cm³/mol. The highest BCUT2D eigenvalue weighted by Crippen LogP contribution is 2.19. The normalized spacial score (nSPS) is 11.7. The number of anilines is 1. The highest BCUT2D eigenvalue weighted by molar-refractivity contribution is 5.96. The van der Waals surface area contributed by atoms with Crippen molar-refractivity contribution < 1.29 is 23.8 Å². The predicted octanol–water partition coefficient (Wildman–Crippen LogP) is 3.29. The van der Waals surface area contributed by atoms with Gasteiger partial charge in [-0.3, -0.25) is 4.79 Å². The summed E-state index contributed by atoms with van der Waals surface area (Å²) in [6, 6.07) is 14.1.